The molecule has 0 spiro atoms. The number of carbonyl (C=O) groups is 3. The van der Waals surface area contributed by atoms with Crippen molar-refractivity contribution in [2.45, 2.75) is 25.5 Å². The Bertz CT molecular complexity index is 1160. The molecule has 4 rings (SSSR count). The van der Waals surface area contributed by atoms with Gasteiger partial charge in [-0.3, -0.25) is 9.59 Å². The Labute approximate surface area is 203 Å². The lowest BCUT2D eigenvalue weighted by molar-refractivity contribution is -0.149. The maximum Gasteiger partial charge on any atom is 0.344 e. The number of rotatable bonds is 11. The van der Waals surface area contributed by atoms with Gasteiger partial charge in [-0.15, -0.1) is 0 Å². The van der Waals surface area contributed by atoms with Crippen LogP contribution < -0.4 is 20.1 Å². The Hall–Kier alpha value is -4.33. The summed E-state index contributed by atoms with van der Waals surface area (Å²) in [6, 6.07) is 23.5. The lowest BCUT2D eigenvalue weighted by Gasteiger charge is -2.10. The molecule has 1 aliphatic carbocycles. The lowest BCUT2D eigenvalue weighted by Crippen LogP contribution is -2.26. The topological polar surface area (TPSA) is 103 Å². The minimum atomic E-state index is -0.679. The number of nitrogens with one attached hydrogen (secondary N) is 2. The zero-order valence-corrected chi connectivity index (χ0v) is 19.1. The molecule has 0 atom stereocenters. The van der Waals surface area contributed by atoms with Crippen LogP contribution in [0.25, 0.3) is 0 Å². The Morgan fingerprint density at radius 3 is 2.23 bits per heavy atom. The molecule has 0 heterocycles. The van der Waals surface area contributed by atoms with Crippen molar-refractivity contribution >= 4 is 23.5 Å². The molecular formula is C27H26N2O6. The molecule has 0 radical (unpaired) electrons. The van der Waals surface area contributed by atoms with Crippen molar-refractivity contribution in [3.8, 4) is 11.5 Å². The molecule has 1 fully saturated rings. The molecule has 35 heavy (non-hydrogen) atoms. The van der Waals surface area contributed by atoms with Crippen LogP contribution in [0, 0.1) is 0 Å². The van der Waals surface area contributed by atoms with Crippen LogP contribution >= 0.6 is 0 Å². The molecular weight excluding hydrogens is 448 g/mol. The Kier molecular flexibility index (Phi) is 7.96. The molecule has 0 aliphatic heterocycles. The normalized spacial score (nSPS) is 12.3. The average molecular weight is 475 g/mol. The molecule has 2 N–H and O–H groups in total. The predicted molar refractivity (Wildman–Crippen MR) is 129 cm³/mol. The van der Waals surface area contributed by atoms with Crippen LogP contribution in [0.3, 0.4) is 0 Å². The van der Waals surface area contributed by atoms with Crippen molar-refractivity contribution < 1.29 is 28.6 Å². The molecule has 3 aromatic carbocycles. The summed E-state index contributed by atoms with van der Waals surface area (Å²) in [5.74, 6) is -0.225. The fourth-order valence-electron chi connectivity index (χ4n) is 3.13. The molecule has 0 bridgehead atoms. The van der Waals surface area contributed by atoms with E-state index in [0.29, 0.717) is 29.4 Å². The number of anilines is 1. The van der Waals surface area contributed by atoms with E-state index in [-0.39, 0.29) is 18.6 Å². The van der Waals surface area contributed by atoms with Gasteiger partial charge < -0.3 is 24.8 Å². The minimum absolute atomic E-state index is 0.178. The molecule has 3 aromatic rings. The highest BCUT2D eigenvalue weighted by molar-refractivity contribution is 5.98. The first-order valence-corrected chi connectivity index (χ1v) is 11.3. The van der Waals surface area contributed by atoms with E-state index < -0.39 is 18.5 Å². The monoisotopic (exact) mass is 474 g/mol. The number of benzene rings is 3. The zero-order chi connectivity index (χ0) is 24.5. The Balaban J connectivity index is 1.15. The lowest BCUT2D eigenvalue weighted by atomic mass is 10.2. The van der Waals surface area contributed by atoms with E-state index in [1.807, 2.05) is 30.3 Å². The van der Waals surface area contributed by atoms with E-state index in [1.165, 1.54) is 0 Å². The van der Waals surface area contributed by atoms with E-state index in [9.17, 15) is 14.4 Å². The van der Waals surface area contributed by atoms with Gasteiger partial charge in [-0.2, -0.15) is 0 Å². The Morgan fingerprint density at radius 2 is 1.51 bits per heavy atom. The molecule has 2 amide bonds. The van der Waals surface area contributed by atoms with Crippen LogP contribution in [0.4, 0.5) is 5.69 Å². The van der Waals surface area contributed by atoms with Gasteiger partial charge in [0.1, 0.15) is 18.1 Å². The van der Waals surface area contributed by atoms with Gasteiger partial charge in [0, 0.05) is 17.3 Å². The van der Waals surface area contributed by atoms with Crippen molar-refractivity contribution in [2.24, 2.45) is 0 Å². The highest BCUT2D eigenvalue weighted by Gasteiger charge is 2.23. The van der Waals surface area contributed by atoms with Crippen molar-refractivity contribution in [1.29, 1.82) is 0 Å². The van der Waals surface area contributed by atoms with Crippen LogP contribution in [0.1, 0.15) is 28.8 Å². The summed E-state index contributed by atoms with van der Waals surface area (Å²) >= 11 is 0. The fourth-order valence-corrected chi connectivity index (χ4v) is 3.13. The van der Waals surface area contributed by atoms with Crippen molar-refractivity contribution in [3.63, 3.8) is 0 Å². The highest BCUT2D eigenvalue weighted by atomic mass is 16.6. The summed E-state index contributed by atoms with van der Waals surface area (Å²) in [7, 11) is 0. The molecule has 8 heteroatoms. The summed E-state index contributed by atoms with van der Waals surface area (Å²) in [6.45, 7) is -0.353. The molecule has 0 aromatic heterocycles. The quantitative estimate of drug-likeness (QED) is 0.411. The number of amides is 2. The third-order valence-corrected chi connectivity index (χ3v) is 5.11. The highest BCUT2D eigenvalue weighted by Crippen LogP contribution is 2.20. The number of esters is 1. The standard InChI is InChI=1S/C27H26N2O6/c30-25(28-22-8-4-7-20(15-22)27(32)29-21-9-10-21)17-35-26(31)18-34-24-13-11-23(12-14-24)33-16-19-5-2-1-3-6-19/h1-8,11-15,21H,9-10,16-18H2,(H,28,30)(H,29,32). The largest absolute Gasteiger partial charge is 0.489 e. The van der Waals surface area contributed by atoms with E-state index in [2.05, 4.69) is 10.6 Å². The van der Waals surface area contributed by atoms with Crippen LogP contribution in [-0.2, 0) is 20.9 Å². The summed E-state index contributed by atoms with van der Waals surface area (Å²) in [5, 5.41) is 5.51. The second-order valence-corrected chi connectivity index (χ2v) is 8.07. The van der Waals surface area contributed by atoms with Gasteiger partial charge in [-0.05, 0) is 60.9 Å². The smallest absolute Gasteiger partial charge is 0.344 e. The summed E-state index contributed by atoms with van der Waals surface area (Å²) in [6.07, 6.45) is 1.98. The minimum Gasteiger partial charge on any atom is -0.489 e. The van der Waals surface area contributed by atoms with Crippen LogP contribution in [0.5, 0.6) is 11.5 Å². The molecule has 1 aliphatic rings. The van der Waals surface area contributed by atoms with E-state index >= 15 is 0 Å². The van der Waals surface area contributed by atoms with Gasteiger partial charge in [0.2, 0.25) is 0 Å². The second-order valence-electron chi connectivity index (χ2n) is 8.07. The van der Waals surface area contributed by atoms with Crippen molar-refractivity contribution in [1.82, 2.24) is 5.32 Å². The molecule has 0 saturated heterocycles. The van der Waals surface area contributed by atoms with E-state index in [0.717, 1.165) is 18.4 Å². The van der Waals surface area contributed by atoms with Crippen molar-refractivity contribution in [3.05, 3.63) is 90.0 Å². The van der Waals surface area contributed by atoms with Gasteiger partial charge in [-0.25, -0.2) is 4.79 Å². The first-order chi connectivity index (χ1) is 17.0. The first-order valence-electron chi connectivity index (χ1n) is 11.3. The molecule has 1 saturated carbocycles. The average Bonchev–Trinajstić information content (AvgIpc) is 3.70. The number of ether oxygens (including phenoxy) is 3. The van der Waals surface area contributed by atoms with Gasteiger partial charge in [0.15, 0.2) is 13.2 Å². The van der Waals surface area contributed by atoms with Gasteiger partial charge in [0.05, 0.1) is 0 Å². The summed E-state index contributed by atoms with van der Waals surface area (Å²) in [5.41, 5.74) is 1.96. The van der Waals surface area contributed by atoms with E-state index in [4.69, 9.17) is 14.2 Å². The van der Waals surface area contributed by atoms with E-state index in [1.54, 1.807) is 48.5 Å². The fraction of sp³-hybridized carbons (Fsp3) is 0.222. The van der Waals surface area contributed by atoms with Crippen LogP contribution in [0.2, 0.25) is 0 Å². The molecule has 0 unspecified atom stereocenters. The number of hydrogen-bond acceptors (Lipinski definition) is 6. The second kappa shape index (κ2) is 11.7. The third-order valence-electron chi connectivity index (χ3n) is 5.11. The van der Waals surface area contributed by atoms with Gasteiger partial charge in [0.25, 0.3) is 11.8 Å². The zero-order valence-electron chi connectivity index (χ0n) is 19.1. The first kappa shape index (κ1) is 23.8. The predicted octanol–water partition coefficient (Wildman–Crippen LogP) is 3.72. The molecule has 8 nitrogen and oxygen atoms in total. The Morgan fingerprint density at radius 1 is 0.800 bits per heavy atom. The number of hydrogen-bond donors (Lipinski definition) is 2. The van der Waals surface area contributed by atoms with Gasteiger partial charge in [-0.1, -0.05) is 36.4 Å². The SMILES string of the molecule is O=C(COC(=O)COc1ccc(OCc2ccccc2)cc1)Nc1cccc(C(=O)NC2CC2)c1. The van der Waals surface area contributed by atoms with Gasteiger partial charge >= 0.3 is 5.97 Å². The maximum atomic E-state index is 12.1. The summed E-state index contributed by atoms with van der Waals surface area (Å²) < 4.78 is 16.1. The maximum absolute atomic E-state index is 12.1. The third kappa shape index (κ3) is 7.89. The van der Waals surface area contributed by atoms with Crippen LogP contribution in [-0.4, -0.2) is 37.0 Å². The number of carbonyl (C=O) groups excluding carboxylic acids is 3. The van der Waals surface area contributed by atoms with Crippen LogP contribution in [0.15, 0.2) is 78.9 Å². The molecule has 180 valence electrons. The summed E-state index contributed by atoms with van der Waals surface area (Å²) in [4.78, 5) is 36.2. The van der Waals surface area contributed by atoms with Crippen molar-refractivity contribution in [2.75, 3.05) is 18.5 Å².